The number of aryl methyl sites for hydroxylation is 2. The summed E-state index contributed by atoms with van der Waals surface area (Å²) in [5.74, 6) is 1.17. The molecule has 0 spiro atoms. The van der Waals surface area contributed by atoms with Crippen LogP contribution in [0.5, 0.6) is 5.75 Å². The number of halogens is 2. The number of ether oxygens (including phenoxy) is 1. The maximum absolute atomic E-state index is 15.0. The van der Waals surface area contributed by atoms with Crippen molar-refractivity contribution in [3.63, 3.8) is 0 Å². The van der Waals surface area contributed by atoms with Crippen molar-refractivity contribution >= 4 is 45.3 Å². The average Bonchev–Trinajstić information content (AvgIpc) is 3.09. The van der Waals surface area contributed by atoms with Crippen LogP contribution in [0.15, 0.2) is 47.5 Å². The maximum atomic E-state index is 15.0. The summed E-state index contributed by atoms with van der Waals surface area (Å²) >= 11 is 2.17. The van der Waals surface area contributed by atoms with Crippen LogP contribution in [0.2, 0.25) is 0 Å². The van der Waals surface area contributed by atoms with E-state index >= 15 is 0 Å². The molecular formula is C22H23FIN5O. The van der Waals surface area contributed by atoms with Crippen molar-refractivity contribution in [2.45, 2.75) is 32.4 Å². The predicted molar refractivity (Wildman–Crippen MR) is 126 cm³/mol. The van der Waals surface area contributed by atoms with E-state index in [9.17, 15) is 4.39 Å². The molecule has 0 amide bonds. The van der Waals surface area contributed by atoms with Gasteiger partial charge in [-0.1, -0.05) is 40.8 Å². The summed E-state index contributed by atoms with van der Waals surface area (Å²) in [4.78, 5) is 8.86. The largest absolute Gasteiger partial charge is 0.482 e. The highest BCUT2D eigenvalue weighted by molar-refractivity contribution is 14.1. The lowest BCUT2D eigenvalue weighted by atomic mass is 10.0. The summed E-state index contributed by atoms with van der Waals surface area (Å²) in [5.41, 5.74) is 14.5. The minimum Gasteiger partial charge on any atom is -0.482 e. The van der Waals surface area contributed by atoms with E-state index in [2.05, 4.69) is 38.2 Å². The molecule has 30 heavy (non-hydrogen) atoms. The number of aromatic nitrogens is 2. The van der Waals surface area contributed by atoms with Crippen LogP contribution in [-0.4, -0.2) is 19.9 Å². The number of nitrogens with zero attached hydrogens (tertiary/aromatic N) is 3. The summed E-state index contributed by atoms with van der Waals surface area (Å²) in [5, 5.41) is 0. The second kappa shape index (κ2) is 8.63. The Labute approximate surface area is 188 Å². The van der Waals surface area contributed by atoms with Gasteiger partial charge in [0, 0.05) is 22.6 Å². The van der Waals surface area contributed by atoms with Gasteiger partial charge in [-0.15, -0.1) is 0 Å². The standard InChI is InChI=1S/C22H23FIN5O/c1-2-29-18-11-14(16(9-10-24)28-22(25)26)15(23)12-17(18)27-21(29)20-8-7-13-5-3-4-6-19(13)30-20/h3-6,9,11-12,20H,2,7-8,10H2,1H3,(H4,25,26,28)/b16-9-. The number of benzene rings is 2. The SMILES string of the molecule is CCn1c(C2CCc3ccccc3O2)nc2cc(F)c(/C(=C/CI)N=C(N)N)cc21. The van der Waals surface area contributed by atoms with Crippen LogP contribution in [-0.2, 0) is 13.0 Å². The highest BCUT2D eigenvalue weighted by Crippen LogP contribution is 2.36. The Morgan fingerprint density at radius 3 is 2.90 bits per heavy atom. The van der Waals surface area contributed by atoms with Crippen molar-refractivity contribution in [1.82, 2.24) is 9.55 Å². The third-order valence-electron chi connectivity index (χ3n) is 5.18. The number of allylic oxidation sites excluding steroid dienone is 1. The Balaban J connectivity index is 1.81. The van der Waals surface area contributed by atoms with Gasteiger partial charge in [0.2, 0.25) is 0 Å². The molecule has 1 aliphatic rings. The molecule has 0 bridgehead atoms. The first-order chi connectivity index (χ1) is 14.5. The van der Waals surface area contributed by atoms with Crippen molar-refractivity contribution in [3.8, 4) is 5.75 Å². The molecule has 0 aliphatic carbocycles. The Hall–Kier alpha value is -2.62. The molecule has 0 saturated carbocycles. The molecule has 3 aromatic rings. The van der Waals surface area contributed by atoms with Crippen LogP contribution in [0.25, 0.3) is 16.7 Å². The number of hydrogen-bond acceptors (Lipinski definition) is 3. The number of aliphatic imine (C=N–C) groups is 1. The zero-order valence-corrected chi connectivity index (χ0v) is 18.8. The van der Waals surface area contributed by atoms with Crippen molar-refractivity contribution in [2.75, 3.05) is 4.43 Å². The smallest absolute Gasteiger partial charge is 0.191 e. The Kier molecular flexibility index (Phi) is 5.94. The summed E-state index contributed by atoms with van der Waals surface area (Å²) < 4.78 is 23.9. The average molecular weight is 519 g/mol. The number of rotatable bonds is 5. The molecule has 1 atom stereocenters. The zero-order chi connectivity index (χ0) is 21.3. The van der Waals surface area contributed by atoms with Gasteiger partial charge in [-0.2, -0.15) is 0 Å². The van der Waals surface area contributed by atoms with Gasteiger partial charge >= 0.3 is 0 Å². The molecule has 6 nitrogen and oxygen atoms in total. The molecule has 2 heterocycles. The number of nitrogens with two attached hydrogens (primary N) is 2. The van der Waals surface area contributed by atoms with Crippen LogP contribution in [0.1, 0.15) is 36.4 Å². The van der Waals surface area contributed by atoms with Gasteiger partial charge in [0.15, 0.2) is 17.9 Å². The summed E-state index contributed by atoms with van der Waals surface area (Å²) in [6.07, 6.45) is 3.35. The number of imidazole rings is 1. The van der Waals surface area contributed by atoms with Gasteiger partial charge in [0.1, 0.15) is 11.6 Å². The molecule has 0 fully saturated rings. The molecule has 1 aromatic heterocycles. The summed E-state index contributed by atoms with van der Waals surface area (Å²) in [7, 11) is 0. The highest BCUT2D eigenvalue weighted by Gasteiger charge is 2.27. The third-order valence-corrected chi connectivity index (χ3v) is 5.62. The first-order valence-electron chi connectivity index (χ1n) is 9.82. The monoisotopic (exact) mass is 519 g/mol. The topological polar surface area (TPSA) is 91.4 Å². The number of para-hydroxylation sites is 1. The molecule has 1 aliphatic heterocycles. The number of alkyl halides is 1. The lowest BCUT2D eigenvalue weighted by Gasteiger charge is -2.26. The van der Waals surface area contributed by atoms with E-state index in [1.54, 1.807) is 12.1 Å². The molecular weight excluding hydrogens is 496 g/mol. The number of hydrogen-bond donors (Lipinski definition) is 2. The molecule has 4 N–H and O–H groups in total. The molecule has 8 heteroatoms. The second-order valence-electron chi connectivity index (χ2n) is 7.07. The van der Waals surface area contributed by atoms with Gasteiger partial charge in [-0.05, 0) is 43.5 Å². The summed E-state index contributed by atoms with van der Waals surface area (Å²) in [6.45, 7) is 2.73. The molecule has 156 valence electrons. The van der Waals surface area contributed by atoms with Crippen LogP contribution in [0.3, 0.4) is 0 Å². The fourth-order valence-corrected chi connectivity index (χ4v) is 4.29. The normalized spacial score (nSPS) is 16.2. The first kappa shape index (κ1) is 20.6. The van der Waals surface area contributed by atoms with Gasteiger partial charge < -0.3 is 20.8 Å². The first-order valence-corrected chi connectivity index (χ1v) is 11.3. The van der Waals surface area contributed by atoms with E-state index in [1.165, 1.54) is 11.6 Å². The minimum absolute atomic E-state index is 0.107. The number of guanidine groups is 1. The fraction of sp³-hybridized carbons (Fsp3) is 0.273. The van der Waals surface area contributed by atoms with Gasteiger partial charge in [0.05, 0.1) is 16.7 Å². The van der Waals surface area contributed by atoms with E-state index in [4.69, 9.17) is 21.2 Å². The van der Waals surface area contributed by atoms with Crippen LogP contribution >= 0.6 is 22.6 Å². The lowest BCUT2D eigenvalue weighted by Crippen LogP contribution is -2.22. The Morgan fingerprint density at radius 1 is 1.37 bits per heavy atom. The minimum atomic E-state index is -0.411. The van der Waals surface area contributed by atoms with Crippen LogP contribution in [0.4, 0.5) is 4.39 Å². The molecule has 4 rings (SSSR count). The second-order valence-corrected chi connectivity index (χ2v) is 7.95. The van der Waals surface area contributed by atoms with Crippen molar-refractivity contribution in [2.24, 2.45) is 16.5 Å². The van der Waals surface area contributed by atoms with Gasteiger partial charge in [-0.3, -0.25) is 0 Å². The molecule has 1 unspecified atom stereocenters. The van der Waals surface area contributed by atoms with Gasteiger partial charge in [0.25, 0.3) is 0 Å². The van der Waals surface area contributed by atoms with Crippen molar-refractivity contribution < 1.29 is 9.13 Å². The zero-order valence-electron chi connectivity index (χ0n) is 16.6. The number of fused-ring (bicyclic) bond motifs is 2. The van der Waals surface area contributed by atoms with E-state index in [1.807, 2.05) is 25.1 Å². The van der Waals surface area contributed by atoms with E-state index in [-0.39, 0.29) is 12.1 Å². The van der Waals surface area contributed by atoms with E-state index < -0.39 is 5.82 Å². The Bertz CT molecular complexity index is 1150. The predicted octanol–water partition coefficient (Wildman–Crippen LogP) is 4.31. The maximum Gasteiger partial charge on any atom is 0.191 e. The molecule has 0 saturated heterocycles. The Morgan fingerprint density at radius 2 is 2.17 bits per heavy atom. The van der Waals surface area contributed by atoms with E-state index in [0.29, 0.717) is 27.7 Å². The quantitative estimate of drug-likeness (QED) is 0.228. The van der Waals surface area contributed by atoms with Gasteiger partial charge in [-0.25, -0.2) is 14.4 Å². The highest BCUT2D eigenvalue weighted by atomic mass is 127. The van der Waals surface area contributed by atoms with Crippen LogP contribution < -0.4 is 16.2 Å². The third kappa shape index (κ3) is 3.88. The molecule has 0 radical (unpaired) electrons. The van der Waals surface area contributed by atoms with Crippen molar-refractivity contribution in [3.05, 3.63) is 65.2 Å². The fourth-order valence-electron chi connectivity index (χ4n) is 3.87. The molecule has 2 aromatic carbocycles. The van der Waals surface area contributed by atoms with E-state index in [0.717, 1.165) is 29.9 Å². The lowest BCUT2D eigenvalue weighted by molar-refractivity contribution is 0.163. The summed E-state index contributed by atoms with van der Waals surface area (Å²) in [6, 6.07) is 11.3. The van der Waals surface area contributed by atoms with Crippen molar-refractivity contribution in [1.29, 1.82) is 0 Å². The van der Waals surface area contributed by atoms with Crippen LogP contribution in [0, 0.1) is 5.82 Å².